The SMILES string of the molecule is N#CC1(NC(=O)COC(=O)c2ccc([N+](=O)[O-])cc2)CCCCC1. The number of benzene rings is 1. The van der Waals surface area contributed by atoms with Crippen molar-refractivity contribution in [1.82, 2.24) is 5.32 Å². The summed E-state index contributed by atoms with van der Waals surface area (Å²) in [5.74, 6) is -1.29. The molecule has 0 atom stereocenters. The van der Waals surface area contributed by atoms with Crippen LogP contribution in [0.5, 0.6) is 0 Å². The average Bonchev–Trinajstić information content (AvgIpc) is 2.60. The molecule has 8 nitrogen and oxygen atoms in total. The highest BCUT2D eigenvalue weighted by Crippen LogP contribution is 2.27. The van der Waals surface area contributed by atoms with E-state index in [0.717, 1.165) is 19.3 Å². The van der Waals surface area contributed by atoms with Crippen LogP contribution in [0.1, 0.15) is 42.5 Å². The van der Waals surface area contributed by atoms with Gasteiger partial charge in [-0.2, -0.15) is 5.26 Å². The summed E-state index contributed by atoms with van der Waals surface area (Å²) < 4.78 is 4.89. The minimum Gasteiger partial charge on any atom is -0.452 e. The molecule has 126 valence electrons. The summed E-state index contributed by atoms with van der Waals surface area (Å²) in [6, 6.07) is 7.04. The van der Waals surface area contributed by atoms with Gasteiger partial charge >= 0.3 is 5.97 Å². The van der Waals surface area contributed by atoms with Gasteiger partial charge in [-0.3, -0.25) is 14.9 Å². The molecule has 8 heteroatoms. The highest BCUT2D eigenvalue weighted by Gasteiger charge is 2.33. The van der Waals surface area contributed by atoms with Gasteiger partial charge in [-0.05, 0) is 25.0 Å². The number of carbonyl (C=O) groups is 2. The van der Waals surface area contributed by atoms with Gasteiger partial charge in [0.15, 0.2) is 6.61 Å². The monoisotopic (exact) mass is 331 g/mol. The number of non-ortho nitro benzene ring substituents is 1. The number of amides is 1. The molecule has 0 saturated heterocycles. The number of nitrogens with one attached hydrogen (secondary N) is 1. The van der Waals surface area contributed by atoms with E-state index in [0.29, 0.717) is 12.8 Å². The van der Waals surface area contributed by atoms with Gasteiger partial charge in [0.05, 0.1) is 16.6 Å². The summed E-state index contributed by atoms with van der Waals surface area (Å²) in [6.07, 6.45) is 3.96. The topological polar surface area (TPSA) is 122 Å². The number of rotatable bonds is 5. The number of carbonyl (C=O) groups excluding carboxylic acids is 2. The van der Waals surface area contributed by atoms with E-state index in [1.54, 1.807) is 0 Å². The molecular formula is C16H17N3O5. The Morgan fingerprint density at radius 2 is 1.88 bits per heavy atom. The number of hydrogen-bond donors (Lipinski definition) is 1. The molecule has 1 amide bonds. The lowest BCUT2D eigenvalue weighted by Crippen LogP contribution is -2.50. The fourth-order valence-corrected chi connectivity index (χ4v) is 2.66. The molecule has 0 bridgehead atoms. The van der Waals surface area contributed by atoms with Gasteiger partial charge in [0.2, 0.25) is 0 Å². The van der Waals surface area contributed by atoms with E-state index >= 15 is 0 Å². The zero-order valence-corrected chi connectivity index (χ0v) is 13.0. The molecule has 0 heterocycles. The van der Waals surface area contributed by atoms with Crippen molar-refractivity contribution in [3.05, 3.63) is 39.9 Å². The predicted octanol–water partition coefficient (Wildman–Crippen LogP) is 2.09. The van der Waals surface area contributed by atoms with Crippen LogP contribution in [0.4, 0.5) is 5.69 Å². The van der Waals surface area contributed by atoms with E-state index in [1.165, 1.54) is 24.3 Å². The molecule has 1 saturated carbocycles. The summed E-state index contributed by atoms with van der Waals surface area (Å²) in [5.41, 5.74) is -0.909. The van der Waals surface area contributed by atoms with E-state index in [1.807, 2.05) is 0 Å². The van der Waals surface area contributed by atoms with Crippen molar-refractivity contribution in [1.29, 1.82) is 5.26 Å². The summed E-state index contributed by atoms with van der Waals surface area (Å²) in [5, 5.41) is 22.5. The third-order valence-corrected chi connectivity index (χ3v) is 3.95. The first-order chi connectivity index (χ1) is 11.5. The number of nitro benzene ring substituents is 1. The largest absolute Gasteiger partial charge is 0.452 e. The molecular weight excluding hydrogens is 314 g/mol. The second-order valence-electron chi connectivity index (χ2n) is 5.68. The molecule has 1 aromatic carbocycles. The molecule has 24 heavy (non-hydrogen) atoms. The minimum absolute atomic E-state index is 0.112. The molecule has 1 N–H and O–H groups in total. The standard InChI is InChI=1S/C16H17N3O5/c17-11-16(8-2-1-3-9-16)18-14(20)10-24-15(21)12-4-6-13(7-5-12)19(22)23/h4-7H,1-3,8-10H2,(H,18,20). The van der Waals surface area contributed by atoms with Crippen molar-refractivity contribution in [2.45, 2.75) is 37.6 Å². The van der Waals surface area contributed by atoms with Gasteiger partial charge in [0, 0.05) is 12.1 Å². The van der Waals surface area contributed by atoms with Gasteiger partial charge < -0.3 is 10.1 Å². The van der Waals surface area contributed by atoms with Crippen molar-refractivity contribution >= 4 is 17.6 Å². The summed E-state index contributed by atoms with van der Waals surface area (Å²) in [4.78, 5) is 33.7. The molecule has 2 rings (SSSR count). The molecule has 1 fully saturated rings. The lowest BCUT2D eigenvalue weighted by atomic mass is 9.83. The Balaban J connectivity index is 1.88. The van der Waals surface area contributed by atoms with Crippen LogP contribution in [0.25, 0.3) is 0 Å². The molecule has 1 aliphatic carbocycles. The van der Waals surface area contributed by atoms with E-state index in [4.69, 9.17) is 4.74 Å². The van der Waals surface area contributed by atoms with Crippen LogP contribution in [0.3, 0.4) is 0 Å². The van der Waals surface area contributed by atoms with Crippen LogP contribution >= 0.6 is 0 Å². The van der Waals surface area contributed by atoms with E-state index in [-0.39, 0.29) is 11.3 Å². The first-order valence-electron chi connectivity index (χ1n) is 7.60. The van der Waals surface area contributed by atoms with E-state index in [9.17, 15) is 25.0 Å². The number of nitro groups is 1. The van der Waals surface area contributed by atoms with Gasteiger partial charge in [0.1, 0.15) is 5.54 Å². The van der Waals surface area contributed by atoms with Gasteiger partial charge in [-0.15, -0.1) is 0 Å². The summed E-state index contributed by atoms with van der Waals surface area (Å²) >= 11 is 0. The smallest absolute Gasteiger partial charge is 0.338 e. The van der Waals surface area contributed by atoms with Crippen molar-refractivity contribution in [3.63, 3.8) is 0 Å². The van der Waals surface area contributed by atoms with Crippen LogP contribution in [0, 0.1) is 21.4 Å². The first-order valence-corrected chi connectivity index (χ1v) is 7.60. The van der Waals surface area contributed by atoms with Gasteiger partial charge in [0.25, 0.3) is 11.6 Å². The van der Waals surface area contributed by atoms with Crippen molar-refractivity contribution in [2.75, 3.05) is 6.61 Å². The first kappa shape index (κ1) is 17.4. The normalized spacial score (nSPS) is 15.8. The average molecular weight is 331 g/mol. The molecule has 1 aliphatic rings. The van der Waals surface area contributed by atoms with Crippen molar-refractivity contribution < 1.29 is 19.2 Å². The predicted molar refractivity (Wildman–Crippen MR) is 83.0 cm³/mol. The number of nitriles is 1. The Morgan fingerprint density at radius 1 is 1.25 bits per heavy atom. The number of esters is 1. The fourth-order valence-electron chi connectivity index (χ4n) is 2.66. The lowest BCUT2D eigenvalue weighted by Gasteiger charge is -2.31. The lowest BCUT2D eigenvalue weighted by molar-refractivity contribution is -0.384. The maximum atomic E-state index is 11.9. The Labute approximate surface area is 138 Å². The van der Waals surface area contributed by atoms with Crippen LogP contribution in [-0.4, -0.2) is 28.9 Å². The summed E-state index contributed by atoms with van der Waals surface area (Å²) in [7, 11) is 0. The molecule has 0 radical (unpaired) electrons. The number of nitrogens with zero attached hydrogens (tertiary/aromatic N) is 2. The van der Waals surface area contributed by atoms with Crippen LogP contribution in [-0.2, 0) is 9.53 Å². The second kappa shape index (κ2) is 7.55. The highest BCUT2D eigenvalue weighted by atomic mass is 16.6. The van der Waals surface area contributed by atoms with E-state index < -0.39 is 28.9 Å². The Morgan fingerprint density at radius 3 is 2.42 bits per heavy atom. The third-order valence-electron chi connectivity index (χ3n) is 3.95. The Hall–Kier alpha value is -2.95. The van der Waals surface area contributed by atoms with Gasteiger partial charge in [-0.1, -0.05) is 19.3 Å². The van der Waals surface area contributed by atoms with Crippen LogP contribution in [0.15, 0.2) is 24.3 Å². The molecule has 0 spiro atoms. The fraction of sp³-hybridized carbons (Fsp3) is 0.438. The molecule has 0 aromatic heterocycles. The second-order valence-corrected chi connectivity index (χ2v) is 5.68. The maximum absolute atomic E-state index is 11.9. The Bertz CT molecular complexity index is 672. The zero-order valence-electron chi connectivity index (χ0n) is 13.0. The Kier molecular flexibility index (Phi) is 5.47. The quantitative estimate of drug-likeness (QED) is 0.501. The molecule has 0 unspecified atom stereocenters. The number of hydrogen-bond acceptors (Lipinski definition) is 6. The van der Waals surface area contributed by atoms with Gasteiger partial charge in [-0.25, -0.2) is 4.79 Å². The zero-order chi connectivity index (χ0) is 17.6. The summed E-state index contributed by atoms with van der Waals surface area (Å²) in [6.45, 7) is -0.501. The maximum Gasteiger partial charge on any atom is 0.338 e. The van der Waals surface area contributed by atoms with Crippen molar-refractivity contribution in [2.24, 2.45) is 0 Å². The minimum atomic E-state index is -0.880. The molecule has 1 aromatic rings. The van der Waals surface area contributed by atoms with Crippen LogP contribution in [0.2, 0.25) is 0 Å². The third kappa shape index (κ3) is 4.29. The van der Waals surface area contributed by atoms with E-state index in [2.05, 4.69) is 11.4 Å². The van der Waals surface area contributed by atoms with Crippen molar-refractivity contribution in [3.8, 4) is 6.07 Å². The highest BCUT2D eigenvalue weighted by molar-refractivity contribution is 5.91. The van der Waals surface area contributed by atoms with Crippen LogP contribution < -0.4 is 5.32 Å². The molecule has 0 aliphatic heterocycles. The number of ether oxygens (including phenoxy) is 1.